The second kappa shape index (κ2) is 19.6. The third kappa shape index (κ3) is 11.6. The molecule has 0 bridgehead atoms. The van der Waals surface area contributed by atoms with Gasteiger partial charge >= 0.3 is 0 Å². The SMILES string of the molecule is C=C(NC(/C=C(\NC(C)=NCC)N1CCN(CCC)CC1)=C(/C)CC)S/C(=C\C)c1cc2cc(O)cc(Cl)c2[nH]1.CCCC. The largest absolute Gasteiger partial charge is 0.508 e. The minimum Gasteiger partial charge on any atom is -0.508 e. The van der Waals surface area contributed by atoms with E-state index in [0.717, 1.165) is 89.6 Å². The van der Waals surface area contributed by atoms with Crippen molar-refractivity contribution in [3.63, 3.8) is 0 Å². The molecule has 0 aliphatic carbocycles. The molecule has 9 heteroatoms. The summed E-state index contributed by atoms with van der Waals surface area (Å²) in [6, 6.07) is 5.26. The maximum absolute atomic E-state index is 9.95. The van der Waals surface area contributed by atoms with Crippen LogP contribution >= 0.6 is 23.4 Å². The molecule has 1 aromatic carbocycles. The molecule has 1 aromatic heterocycles. The first-order chi connectivity index (χ1) is 21.1. The minimum absolute atomic E-state index is 0.149. The number of rotatable bonds is 13. The Balaban J connectivity index is 0.00000159. The molecular formula is C35H55ClN6OS. The summed E-state index contributed by atoms with van der Waals surface area (Å²) in [7, 11) is 0. The number of thioether (sulfide) groups is 1. The van der Waals surface area contributed by atoms with Gasteiger partial charge in [-0.2, -0.15) is 0 Å². The van der Waals surface area contributed by atoms with Gasteiger partial charge in [0.25, 0.3) is 0 Å². The zero-order valence-corrected chi connectivity index (χ0v) is 29.8. The number of halogens is 1. The third-order valence-corrected chi connectivity index (χ3v) is 8.75. The lowest BCUT2D eigenvalue weighted by molar-refractivity contribution is 0.155. The molecule has 2 aromatic rings. The molecule has 4 N–H and O–H groups in total. The number of amidine groups is 1. The third-order valence-electron chi connectivity index (χ3n) is 7.43. The van der Waals surface area contributed by atoms with Crippen LogP contribution in [0.15, 0.2) is 64.0 Å². The van der Waals surface area contributed by atoms with Crippen LogP contribution in [0.1, 0.15) is 86.8 Å². The smallest absolute Gasteiger partial charge is 0.117 e. The highest BCUT2D eigenvalue weighted by atomic mass is 35.5. The standard InChI is InChI=1S/C31H45ClN6OS.C4H10/c1-8-12-37-13-15-38(16-14-37)30(34-22(6)33-11-4)20-27(21(5)9-2)35-23(7)40-29(10-3)28-18-24-17-25(39)19-26(32)31(24)36-28;1-3-4-2/h10,17-20,35-36,39H,7-9,11-16H2,1-6H3,(H,33,34);3-4H2,1-2H3/b27-21-,29-10-,30-20+;. The average Bonchev–Trinajstić information content (AvgIpc) is 3.43. The number of aromatic hydroxyl groups is 1. The maximum Gasteiger partial charge on any atom is 0.117 e. The summed E-state index contributed by atoms with van der Waals surface area (Å²) >= 11 is 7.92. The van der Waals surface area contributed by atoms with E-state index >= 15 is 0 Å². The van der Waals surface area contributed by atoms with Crippen LogP contribution in [0, 0.1) is 0 Å². The second-order valence-corrected chi connectivity index (χ2v) is 12.5. The number of H-pyrrole nitrogens is 1. The van der Waals surface area contributed by atoms with Crippen molar-refractivity contribution >= 4 is 45.0 Å². The van der Waals surface area contributed by atoms with E-state index in [0.29, 0.717) is 5.02 Å². The number of nitrogens with one attached hydrogen (secondary N) is 3. The molecule has 2 heterocycles. The van der Waals surface area contributed by atoms with E-state index in [2.05, 4.69) is 90.7 Å². The molecular weight excluding hydrogens is 588 g/mol. The van der Waals surface area contributed by atoms with Crippen LogP contribution in [0.2, 0.25) is 5.02 Å². The molecule has 0 radical (unpaired) electrons. The lowest BCUT2D eigenvalue weighted by atomic mass is 10.1. The minimum atomic E-state index is 0.149. The molecule has 1 aliphatic rings. The molecule has 0 saturated carbocycles. The number of aromatic nitrogens is 1. The maximum atomic E-state index is 9.95. The number of nitrogens with zero attached hydrogens (tertiary/aromatic N) is 3. The number of hydrogen-bond donors (Lipinski definition) is 4. The monoisotopic (exact) mass is 642 g/mol. The van der Waals surface area contributed by atoms with Crippen LogP contribution in [0.3, 0.4) is 0 Å². The number of aromatic amines is 1. The zero-order valence-electron chi connectivity index (χ0n) is 28.2. The van der Waals surface area contributed by atoms with Gasteiger partial charge in [0.2, 0.25) is 0 Å². The van der Waals surface area contributed by atoms with E-state index in [1.165, 1.54) is 24.8 Å². The van der Waals surface area contributed by atoms with Gasteiger partial charge in [0, 0.05) is 60.9 Å². The van der Waals surface area contributed by atoms with Crippen LogP contribution in [-0.4, -0.2) is 65.0 Å². The quantitative estimate of drug-likeness (QED) is 0.0992. The summed E-state index contributed by atoms with van der Waals surface area (Å²) in [4.78, 5) is 13.9. The fourth-order valence-electron chi connectivity index (χ4n) is 4.69. The van der Waals surface area contributed by atoms with Crippen LogP contribution in [0.4, 0.5) is 0 Å². The molecule has 1 aliphatic heterocycles. The van der Waals surface area contributed by atoms with Gasteiger partial charge in [-0.15, -0.1) is 0 Å². The normalized spacial score (nSPS) is 15.6. The first-order valence-electron chi connectivity index (χ1n) is 16.1. The number of phenols is 1. The molecule has 1 fully saturated rings. The van der Waals surface area contributed by atoms with Crippen LogP contribution in [-0.2, 0) is 0 Å². The van der Waals surface area contributed by atoms with E-state index in [1.807, 2.05) is 19.9 Å². The molecule has 244 valence electrons. The Morgan fingerprint density at radius 3 is 2.30 bits per heavy atom. The summed E-state index contributed by atoms with van der Waals surface area (Å²) < 4.78 is 0. The molecule has 0 unspecified atom stereocenters. The fraction of sp³-hybridized carbons (Fsp3) is 0.514. The Morgan fingerprint density at radius 1 is 1.05 bits per heavy atom. The van der Waals surface area contributed by atoms with Gasteiger partial charge in [-0.05, 0) is 64.8 Å². The topological polar surface area (TPSA) is 78.9 Å². The van der Waals surface area contributed by atoms with Crippen molar-refractivity contribution in [3.05, 3.63) is 69.8 Å². The van der Waals surface area contributed by atoms with Crippen molar-refractivity contribution in [2.75, 3.05) is 39.3 Å². The van der Waals surface area contributed by atoms with Crippen molar-refractivity contribution < 1.29 is 5.11 Å². The van der Waals surface area contributed by atoms with Gasteiger partial charge in [-0.1, -0.05) is 76.6 Å². The molecule has 0 atom stereocenters. The van der Waals surface area contributed by atoms with E-state index < -0.39 is 0 Å². The molecule has 3 rings (SSSR count). The number of benzene rings is 1. The first-order valence-corrected chi connectivity index (χ1v) is 17.3. The Labute approximate surface area is 275 Å². The number of phenolic OH excluding ortho intramolecular Hbond substituents is 1. The van der Waals surface area contributed by atoms with Crippen LogP contribution in [0.25, 0.3) is 15.8 Å². The predicted molar refractivity (Wildman–Crippen MR) is 195 cm³/mol. The molecule has 0 amide bonds. The van der Waals surface area contributed by atoms with Crippen LogP contribution < -0.4 is 10.6 Å². The van der Waals surface area contributed by atoms with Gasteiger partial charge in [-0.3, -0.25) is 9.89 Å². The van der Waals surface area contributed by atoms with Crippen molar-refractivity contribution in [1.82, 2.24) is 25.4 Å². The lowest BCUT2D eigenvalue weighted by Crippen LogP contribution is -2.48. The number of allylic oxidation sites excluding steroid dienone is 3. The predicted octanol–water partition coefficient (Wildman–Crippen LogP) is 9.07. The highest BCUT2D eigenvalue weighted by Crippen LogP contribution is 2.36. The number of aliphatic imine (C=N–C) groups is 1. The molecule has 44 heavy (non-hydrogen) atoms. The Morgan fingerprint density at radius 2 is 1.73 bits per heavy atom. The van der Waals surface area contributed by atoms with Gasteiger partial charge < -0.3 is 25.6 Å². The first kappa shape index (κ1) is 37.4. The van der Waals surface area contributed by atoms with Crippen molar-refractivity contribution in [2.24, 2.45) is 4.99 Å². The Bertz CT molecular complexity index is 1330. The number of piperazine rings is 1. The summed E-state index contributed by atoms with van der Waals surface area (Å²) in [6.07, 6.45) is 8.99. The van der Waals surface area contributed by atoms with E-state index in [-0.39, 0.29) is 5.75 Å². The Kier molecular flexibility index (Phi) is 16.6. The van der Waals surface area contributed by atoms with E-state index in [4.69, 9.17) is 11.6 Å². The highest BCUT2D eigenvalue weighted by molar-refractivity contribution is 8.11. The number of fused-ring (bicyclic) bond motifs is 1. The van der Waals surface area contributed by atoms with Crippen molar-refractivity contribution in [2.45, 2.75) is 81.1 Å². The van der Waals surface area contributed by atoms with Crippen LogP contribution in [0.5, 0.6) is 5.75 Å². The Hall–Kier alpha value is -2.81. The van der Waals surface area contributed by atoms with Crippen molar-refractivity contribution in [3.8, 4) is 5.75 Å². The fourth-order valence-corrected chi connectivity index (χ4v) is 5.72. The van der Waals surface area contributed by atoms with Crippen molar-refractivity contribution in [1.29, 1.82) is 0 Å². The summed E-state index contributed by atoms with van der Waals surface area (Å²) in [6.45, 7) is 27.3. The highest BCUT2D eigenvalue weighted by Gasteiger charge is 2.20. The van der Waals surface area contributed by atoms with Gasteiger partial charge in [0.05, 0.1) is 27.1 Å². The van der Waals surface area contributed by atoms with Gasteiger partial charge in [-0.25, -0.2) is 0 Å². The second-order valence-electron chi connectivity index (χ2n) is 11.0. The average molecular weight is 643 g/mol. The lowest BCUT2D eigenvalue weighted by Gasteiger charge is -2.37. The number of unbranched alkanes of at least 4 members (excludes halogenated alkanes) is 1. The van der Waals surface area contributed by atoms with E-state index in [1.54, 1.807) is 23.9 Å². The van der Waals surface area contributed by atoms with Gasteiger partial charge in [0.1, 0.15) is 11.6 Å². The molecule has 0 spiro atoms. The summed E-state index contributed by atoms with van der Waals surface area (Å²) in [5.74, 6) is 2.11. The summed E-state index contributed by atoms with van der Waals surface area (Å²) in [5, 5.41) is 19.3. The molecule has 1 saturated heterocycles. The van der Waals surface area contributed by atoms with E-state index in [9.17, 15) is 5.11 Å². The zero-order chi connectivity index (χ0) is 32.6. The molecule has 7 nitrogen and oxygen atoms in total. The number of hydrogen-bond acceptors (Lipinski definition) is 6. The summed E-state index contributed by atoms with van der Waals surface area (Å²) in [5.41, 5.74) is 4.00. The van der Waals surface area contributed by atoms with Gasteiger partial charge in [0.15, 0.2) is 0 Å².